The van der Waals surface area contributed by atoms with Crippen molar-refractivity contribution in [2.75, 3.05) is 0 Å². The van der Waals surface area contributed by atoms with Crippen LogP contribution in [-0.2, 0) is 0 Å². The molecule has 0 atom stereocenters. The maximum absolute atomic E-state index is 4.31. The molecule has 78 valence electrons. The second-order valence-electron chi connectivity index (χ2n) is 3.52. The SMILES string of the molecule is Cc1nccnc1-c1cnc2[nH]ncc2c1. The number of aromatic amines is 1. The van der Waals surface area contributed by atoms with Crippen molar-refractivity contribution >= 4 is 11.0 Å². The minimum Gasteiger partial charge on any atom is -0.261 e. The Bertz CT molecular complexity index is 643. The van der Waals surface area contributed by atoms with Crippen molar-refractivity contribution < 1.29 is 0 Å². The van der Waals surface area contributed by atoms with Crippen LogP contribution in [0.5, 0.6) is 0 Å². The zero-order chi connectivity index (χ0) is 11.0. The van der Waals surface area contributed by atoms with Crippen LogP contribution in [0, 0.1) is 6.92 Å². The molecule has 0 aromatic carbocycles. The van der Waals surface area contributed by atoms with Crippen LogP contribution < -0.4 is 0 Å². The lowest BCUT2D eigenvalue weighted by atomic mass is 10.1. The van der Waals surface area contributed by atoms with E-state index in [0.29, 0.717) is 0 Å². The van der Waals surface area contributed by atoms with Crippen molar-refractivity contribution in [3.63, 3.8) is 0 Å². The topological polar surface area (TPSA) is 67.3 Å². The Labute approximate surface area is 91.6 Å². The zero-order valence-electron chi connectivity index (χ0n) is 8.68. The minimum atomic E-state index is 0.783. The maximum atomic E-state index is 4.31. The number of nitrogens with zero attached hydrogens (tertiary/aromatic N) is 4. The van der Waals surface area contributed by atoms with Crippen LogP contribution in [0.4, 0.5) is 0 Å². The third kappa shape index (κ3) is 1.33. The fraction of sp³-hybridized carbons (Fsp3) is 0.0909. The highest BCUT2D eigenvalue weighted by Crippen LogP contribution is 2.21. The number of rotatable bonds is 1. The Morgan fingerprint density at radius 2 is 1.94 bits per heavy atom. The minimum absolute atomic E-state index is 0.783. The largest absolute Gasteiger partial charge is 0.261 e. The Balaban J connectivity index is 2.22. The summed E-state index contributed by atoms with van der Waals surface area (Å²) in [6.07, 6.45) is 6.89. The van der Waals surface area contributed by atoms with Gasteiger partial charge in [0.1, 0.15) is 0 Å². The van der Waals surface area contributed by atoms with Crippen LogP contribution in [-0.4, -0.2) is 25.1 Å². The van der Waals surface area contributed by atoms with Gasteiger partial charge in [-0.15, -0.1) is 0 Å². The van der Waals surface area contributed by atoms with E-state index in [2.05, 4.69) is 25.1 Å². The zero-order valence-corrected chi connectivity index (χ0v) is 8.68. The lowest BCUT2D eigenvalue weighted by Gasteiger charge is -2.02. The van der Waals surface area contributed by atoms with Crippen molar-refractivity contribution in [3.05, 3.63) is 36.5 Å². The van der Waals surface area contributed by atoms with Crippen LogP contribution in [0.3, 0.4) is 0 Å². The van der Waals surface area contributed by atoms with Crippen LogP contribution in [0.2, 0.25) is 0 Å². The number of nitrogens with one attached hydrogen (secondary N) is 1. The molecule has 0 unspecified atom stereocenters. The molecule has 0 aliphatic heterocycles. The van der Waals surface area contributed by atoms with Gasteiger partial charge in [-0.1, -0.05) is 0 Å². The van der Waals surface area contributed by atoms with Gasteiger partial charge in [-0.25, -0.2) is 4.98 Å². The average molecular weight is 211 g/mol. The smallest absolute Gasteiger partial charge is 0.155 e. The summed E-state index contributed by atoms with van der Waals surface area (Å²) in [5.74, 6) is 0. The first-order valence-electron chi connectivity index (χ1n) is 4.92. The van der Waals surface area contributed by atoms with Gasteiger partial charge < -0.3 is 0 Å². The number of aryl methyl sites for hydroxylation is 1. The monoisotopic (exact) mass is 211 g/mol. The Morgan fingerprint density at radius 1 is 1.06 bits per heavy atom. The van der Waals surface area contributed by atoms with Gasteiger partial charge in [0.25, 0.3) is 0 Å². The molecule has 0 radical (unpaired) electrons. The van der Waals surface area contributed by atoms with Crippen molar-refractivity contribution in [1.29, 1.82) is 0 Å². The van der Waals surface area contributed by atoms with Gasteiger partial charge in [-0.05, 0) is 13.0 Å². The van der Waals surface area contributed by atoms with Crippen molar-refractivity contribution in [1.82, 2.24) is 25.1 Å². The molecule has 0 saturated carbocycles. The molecular formula is C11H9N5. The van der Waals surface area contributed by atoms with Crippen molar-refractivity contribution in [2.24, 2.45) is 0 Å². The normalized spacial score (nSPS) is 10.8. The molecule has 0 aliphatic rings. The van der Waals surface area contributed by atoms with E-state index in [0.717, 1.165) is 28.0 Å². The third-order valence-corrected chi connectivity index (χ3v) is 2.45. The van der Waals surface area contributed by atoms with E-state index >= 15 is 0 Å². The molecule has 5 heteroatoms. The summed E-state index contributed by atoms with van der Waals surface area (Å²) in [4.78, 5) is 12.8. The van der Waals surface area contributed by atoms with E-state index in [1.165, 1.54) is 0 Å². The second-order valence-corrected chi connectivity index (χ2v) is 3.52. The van der Waals surface area contributed by atoms with Crippen LogP contribution >= 0.6 is 0 Å². The van der Waals surface area contributed by atoms with Crippen LogP contribution in [0.25, 0.3) is 22.3 Å². The third-order valence-electron chi connectivity index (χ3n) is 2.45. The molecule has 0 spiro atoms. The fourth-order valence-corrected chi connectivity index (χ4v) is 1.66. The van der Waals surface area contributed by atoms with Gasteiger partial charge in [0.2, 0.25) is 0 Å². The summed E-state index contributed by atoms with van der Waals surface area (Å²) < 4.78 is 0. The first-order valence-corrected chi connectivity index (χ1v) is 4.92. The molecule has 5 nitrogen and oxygen atoms in total. The quantitative estimate of drug-likeness (QED) is 0.665. The molecule has 0 bridgehead atoms. The highest BCUT2D eigenvalue weighted by atomic mass is 15.1. The van der Waals surface area contributed by atoms with E-state index in [4.69, 9.17) is 0 Å². The molecule has 0 amide bonds. The second kappa shape index (κ2) is 3.37. The Hall–Kier alpha value is -2.30. The molecule has 0 saturated heterocycles. The number of H-pyrrole nitrogens is 1. The van der Waals surface area contributed by atoms with Gasteiger partial charge in [0.15, 0.2) is 5.65 Å². The number of aromatic nitrogens is 5. The number of hydrogen-bond acceptors (Lipinski definition) is 4. The van der Waals surface area contributed by atoms with E-state index in [1.807, 2.05) is 13.0 Å². The number of pyridine rings is 1. The van der Waals surface area contributed by atoms with Gasteiger partial charge >= 0.3 is 0 Å². The molecule has 0 aliphatic carbocycles. The van der Waals surface area contributed by atoms with Gasteiger partial charge in [0.05, 0.1) is 17.6 Å². The summed E-state index contributed by atoms with van der Waals surface area (Å²) in [5, 5.41) is 7.73. The lowest BCUT2D eigenvalue weighted by Crippen LogP contribution is -1.91. The molecule has 3 rings (SSSR count). The van der Waals surface area contributed by atoms with Crippen LogP contribution in [0.1, 0.15) is 5.69 Å². The number of hydrogen-bond donors (Lipinski definition) is 1. The fourth-order valence-electron chi connectivity index (χ4n) is 1.66. The Morgan fingerprint density at radius 3 is 2.81 bits per heavy atom. The molecular weight excluding hydrogens is 202 g/mol. The summed E-state index contributed by atoms with van der Waals surface area (Å²) in [6.45, 7) is 1.93. The standard InChI is InChI=1S/C11H9N5/c1-7-10(13-3-2-12-7)8-4-9-6-15-16-11(9)14-5-8/h2-6H,1H3,(H,14,15,16). The molecule has 3 heterocycles. The van der Waals surface area contributed by atoms with Crippen LogP contribution in [0.15, 0.2) is 30.9 Å². The Kier molecular flexibility index (Phi) is 1.89. The van der Waals surface area contributed by atoms with Crippen molar-refractivity contribution in [2.45, 2.75) is 6.92 Å². The van der Waals surface area contributed by atoms with E-state index < -0.39 is 0 Å². The summed E-state index contributed by atoms with van der Waals surface area (Å²) in [7, 11) is 0. The summed E-state index contributed by atoms with van der Waals surface area (Å²) in [5.41, 5.74) is 3.50. The highest BCUT2D eigenvalue weighted by Gasteiger charge is 2.06. The lowest BCUT2D eigenvalue weighted by molar-refractivity contribution is 1.09. The molecule has 3 aromatic rings. The first-order chi connectivity index (χ1) is 7.84. The van der Waals surface area contributed by atoms with Gasteiger partial charge in [0, 0.05) is 29.5 Å². The molecule has 0 fully saturated rings. The predicted octanol–water partition coefficient (Wildman–Crippen LogP) is 1.72. The first kappa shape index (κ1) is 8.96. The molecule has 1 N–H and O–H groups in total. The predicted molar refractivity (Wildman–Crippen MR) is 59.7 cm³/mol. The van der Waals surface area contributed by atoms with E-state index in [-0.39, 0.29) is 0 Å². The number of fused-ring (bicyclic) bond motifs is 1. The highest BCUT2D eigenvalue weighted by molar-refractivity contribution is 5.79. The summed E-state index contributed by atoms with van der Waals surface area (Å²) >= 11 is 0. The van der Waals surface area contributed by atoms with E-state index in [1.54, 1.807) is 24.8 Å². The molecule has 3 aromatic heterocycles. The van der Waals surface area contributed by atoms with Gasteiger partial charge in [-0.2, -0.15) is 5.10 Å². The summed E-state index contributed by atoms with van der Waals surface area (Å²) in [6, 6.07) is 2.00. The van der Waals surface area contributed by atoms with E-state index in [9.17, 15) is 0 Å². The van der Waals surface area contributed by atoms with Gasteiger partial charge in [-0.3, -0.25) is 15.1 Å². The average Bonchev–Trinajstić information content (AvgIpc) is 2.76. The maximum Gasteiger partial charge on any atom is 0.155 e. The molecule has 16 heavy (non-hydrogen) atoms. The van der Waals surface area contributed by atoms with Crippen molar-refractivity contribution in [3.8, 4) is 11.3 Å².